The number of amides is 2. The predicted octanol–water partition coefficient (Wildman–Crippen LogP) is 0.199. The number of nitrogens with one attached hydrogen (secondary N) is 1. The molecule has 1 heterocycles. The summed E-state index contributed by atoms with van der Waals surface area (Å²) in [6.07, 6.45) is 1.84. The maximum Gasteiger partial charge on any atom is 0.271 e. The van der Waals surface area contributed by atoms with E-state index >= 15 is 0 Å². The third kappa shape index (κ3) is 5.63. The van der Waals surface area contributed by atoms with Crippen LogP contribution in [0.2, 0.25) is 0 Å². The molecule has 1 aromatic rings. The van der Waals surface area contributed by atoms with Crippen molar-refractivity contribution < 1.29 is 14.7 Å². The van der Waals surface area contributed by atoms with Crippen LogP contribution in [0, 0.1) is 11.8 Å². The Labute approximate surface area is 123 Å². The van der Waals surface area contributed by atoms with Crippen LogP contribution in [-0.4, -0.2) is 34.1 Å². The Morgan fingerprint density at radius 2 is 2.19 bits per heavy atom. The maximum absolute atomic E-state index is 12.3. The van der Waals surface area contributed by atoms with E-state index in [1.807, 2.05) is 0 Å². The Morgan fingerprint density at radius 1 is 1.48 bits per heavy atom. The van der Waals surface area contributed by atoms with Crippen molar-refractivity contribution in [2.24, 2.45) is 5.73 Å². The third-order valence-electron chi connectivity index (χ3n) is 2.55. The number of rotatable bonds is 5. The number of carbonyl (C=O) groups excluding carboxylic acids is 2. The number of nitrogens with zero attached hydrogens (tertiary/aromatic N) is 1. The lowest BCUT2D eigenvalue weighted by atomic mass is 9.99. The summed E-state index contributed by atoms with van der Waals surface area (Å²) in [6.45, 7) is 3.37. The van der Waals surface area contributed by atoms with E-state index < -0.39 is 17.4 Å². The largest absolute Gasteiger partial charge is 0.395 e. The van der Waals surface area contributed by atoms with E-state index in [1.165, 1.54) is 6.20 Å². The zero-order valence-corrected chi connectivity index (χ0v) is 12.1. The average molecular weight is 289 g/mol. The molecule has 0 aliphatic carbocycles. The van der Waals surface area contributed by atoms with E-state index in [9.17, 15) is 9.59 Å². The van der Waals surface area contributed by atoms with E-state index in [1.54, 1.807) is 26.0 Å². The molecule has 0 bridgehead atoms. The molecule has 0 aliphatic heterocycles. The van der Waals surface area contributed by atoms with Crippen molar-refractivity contribution in [2.45, 2.75) is 32.2 Å². The fourth-order valence-corrected chi connectivity index (χ4v) is 1.75. The lowest BCUT2D eigenvalue weighted by Crippen LogP contribution is -2.46. The number of hydrogen-bond donors (Lipinski definition) is 3. The van der Waals surface area contributed by atoms with Gasteiger partial charge in [-0.1, -0.05) is 11.8 Å². The molecule has 112 valence electrons. The van der Waals surface area contributed by atoms with Gasteiger partial charge < -0.3 is 16.2 Å². The predicted molar refractivity (Wildman–Crippen MR) is 78.2 cm³/mol. The highest BCUT2D eigenvalue weighted by molar-refractivity contribution is 5.95. The second kappa shape index (κ2) is 7.41. The van der Waals surface area contributed by atoms with Crippen LogP contribution in [0.1, 0.15) is 42.7 Å². The van der Waals surface area contributed by atoms with Gasteiger partial charge in [-0.3, -0.25) is 9.59 Å². The van der Waals surface area contributed by atoms with Crippen molar-refractivity contribution in [3.05, 3.63) is 29.6 Å². The number of carbonyl (C=O) groups is 2. The Bertz CT molecular complexity index is 585. The minimum absolute atomic E-state index is 0.0249. The summed E-state index contributed by atoms with van der Waals surface area (Å²) in [5, 5.41) is 11.4. The van der Waals surface area contributed by atoms with Crippen LogP contribution >= 0.6 is 0 Å². The van der Waals surface area contributed by atoms with Crippen molar-refractivity contribution >= 4 is 11.8 Å². The molecular weight excluding hydrogens is 270 g/mol. The maximum atomic E-state index is 12.3. The van der Waals surface area contributed by atoms with Gasteiger partial charge in [0.1, 0.15) is 5.69 Å². The number of primary amides is 1. The Balaban J connectivity index is 2.93. The highest BCUT2D eigenvalue weighted by Gasteiger charge is 2.24. The first-order chi connectivity index (χ1) is 9.85. The summed E-state index contributed by atoms with van der Waals surface area (Å²) < 4.78 is 0. The lowest BCUT2D eigenvalue weighted by molar-refractivity contribution is -0.119. The second-order valence-corrected chi connectivity index (χ2v) is 5.16. The quantitative estimate of drug-likeness (QED) is 0.673. The SMILES string of the molecule is CC(C)(CC(N)=O)NC(=O)c1ncccc1C#CCCO. The van der Waals surface area contributed by atoms with E-state index in [-0.39, 0.29) is 18.7 Å². The minimum Gasteiger partial charge on any atom is -0.395 e. The standard InChI is InChI=1S/C15H19N3O3/c1-15(2,10-12(16)20)18-14(21)13-11(6-3-4-9-19)7-5-8-17-13/h5,7-8,19H,4,9-10H2,1-2H3,(H2,16,20)(H,18,21). The van der Waals surface area contributed by atoms with Gasteiger partial charge >= 0.3 is 0 Å². The van der Waals surface area contributed by atoms with E-state index in [2.05, 4.69) is 22.1 Å². The Kier molecular flexibility index (Phi) is 5.88. The van der Waals surface area contributed by atoms with Gasteiger partial charge in [-0.15, -0.1) is 0 Å². The fraction of sp³-hybridized carbons (Fsp3) is 0.400. The molecule has 1 aromatic heterocycles. The number of pyridine rings is 1. The van der Waals surface area contributed by atoms with Gasteiger partial charge in [-0.2, -0.15) is 0 Å². The summed E-state index contributed by atoms with van der Waals surface area (Å²) in [6, 6.07) is 3.35. The number of hydrogen-bond acceptors (Lipinski definition) is 4. The summed E-state index contributed by atoms with van der Waals surface area (Å²) in [7, 11) is 0. The summed E-state index contributed by atoms with van der Waals surface area (Å²) in [5.41, 5.74) is 5.04. The van der Waals surface area contributed by atoms with Gasteiger partial charge in [0.05, 0.1) is 12.2 Å². The molecule has 0 saturated heterocycles. The van der Waals surface area contributed by atoms with Crippen LogP contribution in [0.15, 0.2) is 18.3 Å². The van der Waals surface area contributed by atoms with Gasteiger partial charge in [-0.05, 0) is 26.0 Å². The number of nitrogens with two attached hydrogens (primary N) is 1. The van der Waals surface area contributed by atoms with E-state index in [0.29, 0.717) is 12.0 Å². The molecule has 0 fully saturated rings. The zero-order chi connectivity index (χ0) is 15.9. The van der Waals surface area contributed by atoms with Gasteiger partial charge in [0.15, 0.2) is 0 Å². The molecule has 1 rings (SSSR count). The van der Waals surface area contributed by atoms with Gasteiger partial charge in [0.2, 0.25) is 5.91 Å². The van der Waals surface area contributed by atoms with Crippen LogP contribution in [0.4, 0.5) is 0 Å². The molecule has 2 amide bonds. The molecule has 4 N–H and O–H groups in total. The topological polar surface area (TPSA) is 105 Å². The number of aromatic nitrogens is 1. The third-order valence-corrected chi connectivity index (χ3v) is 2.55. The van der Waals surface area contributed by atoms with Crippen molar-refractivity contribution in [1.29, 1.82) is 0 Å². The molecule has 6 heteroatoms. The smallest absolute Gasteiger partial charge is 0.271 e. The van der Waals surface area contributed by atoms with Crippen molar-refractivity contribution in [2.75, 3.05) is 6.61 Å². The van der Waals surface area contributed by atoms with E-state index in [4.69, 9.17) is 10.8 Å². The highest BCUT2D eigenvalue weighted by Crippen LogP contribution is 2.11. The molecule has 0 unspecified atom stereocenters. The molecule has 0 aromatic carbocycles. The zero-order valence-electron chi connectivity index (χ0n) is 12.1. The average Bonchev–Trinajstić information content (AvgIpc) is 2.37. The lowest BCUT2D eigenvalue weighted by Gasteiger charge is -2.24. The van der Waals surface area contributed by atoms with Gasteiger partial charge in [0, 0.05) is 24.6 Å². The minimum atomic E-state index is -0.768. The number of aliphatic hydroxyl groups excluding tert-OH is 1. The highest BCUT2D eigenvalue weighted by atomic mass is 16.2. The molecule has 21 heavy (non-hydrogen) atoms. The van der Waals surface area contributed by atoms with Crippen molar-refractivity contribution in [3.63, 3.8) is 0 Å². The molecular formula is C15H19N3O3. The normalized spacial score (nSPS) is 10.4. The van der Waals surface area contributed by atoms with Crippen LogP contribution in [0.5, 0.6) is 0 Å². The Morgan fingerprint density at radius 3 is 2.81 bits per heavy atom. The van der Waals surface area contributed by atoms with Crippen LogP contribution < -0.4 is 11.1 Å². The van der Waals surface area contributed by atoms with Gasteiger partial charge in [0.25, 0.3) is 5.91 Å². The van der Waals surface area contributed by atoms with Crippen molar-refractivity contribution in [1.82, 2.24) is 10.3 Å². The monoisotopic (exact) mass is 289 g/mol. The summed E-state index contributed by atoms with van der Waals surface area (Å²) in [4.78, 5) is 27.3. The van der Waals surface area contributed by atoms with Crippen LogP contribution in [0.3, 0.4) is 0 Å². The van der Waals surface area contributed by atoms with Crippen molar-refractivity contribution in [3.8, 4) is 11.8 Å². The first kappa shape index (κ1) is 16.7. The second-order valence-electron chi connectivity index (χ2n) is 5.16. The molecule has 0 atom stereocenters. The summed E-state index contributed by atoms with van der Waals surface area (Å²) >= 11 is 0. The Hall–Kier alpha value is -2.39. The first-order valence-electron chi connectivity index (χ1n) is 6.51. The molecule has 0 spiro atoms. The number of aliphatic hydroxyl groups is 1. The molecule has 0 aliphatic rings. The van der Waals surface area contributed by atoms with Crippen LogP contribution in [0.25, 0.3) is 0 Å². The van der Waals surface area contributed by atoms with Crippen LogP contribution in [-0.2, 0) is 4.79 Å². The summed E-state index contributed by atoms with van der Waals surface area (Å²) in [5.74, 6) is 4.63. The van der Waals surface area contributed by atoms with E-state index in [0.717, 1.165) is 0 Å². The fourth-order valence-electron chi connectivity index (χ4n) is 1.75. The van der Waals surface area contributed by atoms with Gasteiger partial charge in [-0.25, -0.2) is 4.98 Å². The molecule has 6 nitrogen and oxygen atoms in total. The molecule has 0 saturated carbocycles. The first-order valence-corrected chi connectivity index (χ1v) is 6.51. The molecule has 0 radical (unpaired) electrons.